The van der Waals surface area contributed by atoms with Gasteiger partial charge in [-0.2, -0.15) is 0 Å². The van der Waals surface area contributed by atoms with Crippen LogP contribution in [0.1, 0.15) is 27.7 Å². The molecule has 0 amide bonds. The van der Waals surface area contributed by atoms with Gasteiger partial charge in [0.05, 0.1) is 0 Å². The largest absolute Gasteiger partial charge is 0.508 e. The molecule has 0 spiro atoms. The second-order valence-corrected chi connectivity index (χ2v) is 7.48. The number of hydrogen-bond acceptors (Lipinski definition) is 15. The lowest BCUT2D eigenvalue weighted by Crippen LogP contribution is -2.43. The van der Waals surface area contributed by atoms with Gasteiger partial charge in [-0.15, -0.1) is 40.5 Å². The zero-order valence-corrected chi connectivity index (χ0v) is 17.4. The highest BCUT2D eigenvalue weighted by molar-refractivity contribution is 5.59. The Bertz CT molecular complexity index is 641. The van der Waals surface area contributed by atoms with E-state index >= 15 is 0 Å². The summed E-state index contributed by atoms with van der Waals surface area (Å²) >= 11 is 0. The molecule has 0 rings (SSSR count). The standard InChI is InChI=1S/C13H22N4O15/c1-12(2,7-29-14(19)20)9(31-16(23)24)5-27-11(18)28-6-10(32-17(25)26)13(3,4)8-30-15(21)22/h9-10H,5-8H2,1-4H3/t9-,10-/m1/s1. The van der Waals surface area contributed by atoms with Crippen LogP contribution >= 0.6 is 0 Å². The van der Waals surface area contributed by atoms with Crippen molar-refractivity contribution in [3.8, 4) is 0 Å². The van der Waals surface area contributed by atoms with Crippen molar-refractivity contribution < 1.29 is 54.0 Å². The SMILES string of the molecule is CC(C)(CO[N+](=O)[O-])[C@@H](COC(=O)OC[C@@H](O[N+](=O)[O-])C(C)(C)CO[N+](=O)[O-])O[N+](=O)[O-]. The Morgan fingerprint density at radius 1 is 0.688 bits per heavy atom. The summed E-state index contributed by atoms with van der Waals surface area (Å²) in [5, 5.41) is 37.4. The van der Waals surface area contributed by atoms with Gasteiger partial charge in [0.1, 0.15) is 38.6 Å². The first-order valence-electron chi connectivity index (χ1n) is 8.53. The summed E-state index contributed by atoms with van der Waals surface area (Å²) in [5.41, 5.74) is -2.75. The van der Waals surface area contributed by atoms with Crippen molar-refractivity contribution >= 4 is 6.16 Å². The van der Waals surface area contributed by atoms with E-state index in [-0.39, 0.29) is 0 Å². The van der Waals surface area contributed by atoms with Crippen LogP contribution in [-0.4, -0.2) is 65.1 Å². The van der Waals surface area contributed by atoms with Gasteiger partial charge in [0, 0.05) is 10.8 Å². The van der Waals surface area contributed by atoms with Crippen molar-refractivity contribution in [1.82, 2.24) is 0 Å². The molecule has 184 valence electrons. The summed E-state index contributed by atoms with van der Waals surface area (Å²) in [5.74, 6) is 0. The first-order valence-corrected chi connectivity index (χ1v) is 8.53. The topological polar surface area (TPSA) is 245 Å². The van der Waals surface area contributed by atoms with Crippen LogP contribution in [0.15, 0.2) is 0 Å². The Kier molecular flexibility index (Phi) is 10.6. The van der Waals surface area contributed by atoms with E-state index in [2.05, 4.69) is 28.8 Å². The van der Waals surface area contributed by atoms with Gasteiger partial charge >= 0.3 is 6.16 Å². The van der Waals surface area contributed by atoms with Crippen molar-refractivity contribution in [2.24, 2.45) is 10.8 Å². The number of rotatable bonds is 16. The minimum atomic E-state index is -1.51. The van der Waals surface area contributed by atoms with Gasteiger partial charge in [0.2, 0.25) is 0 Å². The second kappa shape index (κ2) is 12.1. The van der Waals surface area contributed by atoms with Gasteiger partial charge in [-0.25, -0.2) is 4.79 Å². The summed E-state index contributed by atoms with van der Waals surface area (Å²) < 4.78 is 9.37. The number of ether oxygens (including phenoxy) is 2. The molecule has 0 aromatic carbocycles. The number of carbonyl (C=O) groups is 1. The fourth-order valence-corrected chi connectivity index (χ4v) is 1.96. The Hall–Kier alpha value is -3.93. The Balaban J connectivity index is 5.03. The molecule has 0 fully saturated rings. The van der Waals surface area contributed by atoms with Crippen molar-refractivity contribution in [2.75, 3.05) is 26.4 Å². The molecular formula is C13H22N4O15. The third-order valence-electron chi connectivity index (χ3n) is 3.96. The first-order chi connectivity index (χ1) is 14.6. The van der Waals surface area contributed by atoms with Crippen molar-refractivity contribution in [3.63, 3.8) is 0 Å². The molecule has 32 heavy (non-hydrogen) atoms. The molecule has 0 aliphatic heterocycles. The summed E-state index contributed by atoms with van der Waals surface area (Å²) in [6.45, 7) is 2.33. The number of nitrogens with zero attached hydrogens (tertiary/aromatic N) is 4. The molecule has 0 radical (unpaired) electrons. The Morgan fingerprint density at radius 3 is 1.25 bits per heavy atom. The molecule has 0 aromatic rings. The highest BCUT2D eigenvalue weighted by Gasteiger charge is 2.37. The van der Waals surface area contributed by atoms with Gasteiger partial charge in [0.15, 0.2) is 0 Å². The lowest BCUT2D eigenvalue weighted by Gasteiger charge is -2.31. The van der Waals surface area contributed by atoms with E-state index in [0.29, 0.717) is 0 Å². The van der Waals surface area contributed by atoms with Crippen LogP contribution in [0.25, 0.3) is 0 Å². The van der Waals surface area contributed by atoms with Crippen LogP contribution in [-0.2, 0) is 28.8 Å². The predicted octanol–water partition coefficient (Wildman–Crippen LogP) is 0.762. The van der Waals surface area contributed by atoms with E-state index in [0.717, 1.165) is 0 Å². The van der Waals surface area contributed by atoms with Crippen LogP contribution in [0, 0.1) is 51.3 Å². The maximum Gasteiger partial charge on any atom is 0.508 e. The summed E-state index contributed by atoms with van der Waals surface area (Å²) in [7, 11) is 0. The summed E-state index contributed by atoms with van der Waals surface area (Å²) in [6, 6.07) is 0. The lowest BCUT2D eigenvalue weighted by molar-refractivity contribution is -0.780. The molecule has 0 N–H and O–H groups in total. The lowest BCUT2D eigenvalue weighted by atomic mass is 9.88. The second-order valence-electron chi connectivity index (χ2n) is 7.48. The Labute approximate surface area is 178 Å². The van der Waals surface area contributed by atoms with Crippen molar-refractivity contribution in [1.29, 1.82) is 0 Å². The van der Waals surface area contributed by atoms with E-state index in [1.54, 1.807) is 0 Å². The van der Waals surface area contributed by atoms with Crippen LogP contribution in [0.4, 0.5) is 4.79 Å². The van der Waals surface area contributed by atoms with Gasteiger partial charge in [-0.1, -0.05) is 27.7 Å². The highest BCUT2D eigenvalue weighted by Crippen LogP contribution is 2.26. The third-order valence-corrected chi connectivity index (χ3v) is 3.96. The zero-order valence-electron chi connectivity index (χ0n) is 17.4. The van der Waals surface area contributed by atoms with E-state index in [1.807, 2.05) is 0 Å². The van der Waals surface area contributed by atoms with Gasteiger partial charge in [-0.3, -0.25) is 0 Å². The number of carbonyl (C=O) groups excluding carboxylic acids is 1. The summed E-state index contributed by atoms with van der Waals surface area (Å²) in [4.78, 5) is 71.0. The molecule has 0 aromatic heterocycles. The maximum atomic E-state index is 11.8. The third kappa shape index (κ3) is 11.3. The molecule has 0 aliphatic carbocycles. The van der Waals surface area contributed by atoms with Crippen molar-refractivity contribution in [3.05, 3.63) is 40.5 Å². The monoisotopic (exact) mass is 474 g/mol. The molecule has 0 saturated carbocycles. The molecular weight excluding hydrogens is 452 g/mol. The van der Waals surface area contributed by atoms with Crippen LogP contribution in [0.3, 0.4) is 0 Å². The Morgan fingerprint density at radius 2 is 1.00 bits per heavy atom. The molecule has 0 heterocycles. The normalized spacial score (nSPS) is 13.1. The smallest absolute Gasteiger partial charge is 0.432 e. The minimum absolute atomic E-state index is 0.639. The van der Waals surface area contributed by atoms with Crippen LogP contribution in [0.2, 0.25) is 0 Å². The number of hydrogen-bond donors (Lipinski definition) is 0. The maximum absolute atomic E-state index is 11.8. The van der Waals surface area contributed by atoms with E-state index < -0.39 is 76.0 Å². The quantitative estimate of drug-likeness (QED) is 0.170. The van der Waals surface area contributed by atoms with Gasteiger partial charge in [-0.05, 0) is 0 Å². The van der Waals surface area contributed by atoms with Gasteiger partial charge in [0.25, 0.3) is 20.3 Å². The fraction of sp³-hybridized carbons (Fsp3) is 0.923. The molecule has 19 heteroatoms. The van der Waals surface area contributed by atoms with Crippen LogP contribution < -0.4 is 0 Å². The average Bonchev–Trinajstić information content (AvgIpc) is 2.64. The molecule has 0 aliphatic rings. The van der Waals surface area contributed by atoms with Crippen LogP contribution in [0.5, 0.6) is 0 Å². The fourth-order valence-electron chi connectivity index (χ4n) is 1.96. The van der Waals surface area contributed by atoms with E-state index in [1.165, 1.54) is 27.7 Å². The first kappa shape index (κ1) is 28.1. The minimum Gasteiger partial charge on any atom is -0.432 e. The molecule has 0 saturated heterocycles. The molecule has 0 bridgehead atoms. The average molecular weight is 474 g/mol. The molecule has 2 atom stereocenters. The summed E-state index contributed by atoms with van der Waals surface area (Å²) in [6.07, 6.45) is -4.47. The highest BCUT2D eigenvalue weighted by atomic mass is 17.0. The van der Waals surface area contributed by atoms with Crippen molar-refractivity contribution in [2.45, 2.75) is 39.9 Å². The molecule has 19 nitrogen and oxygen atoms in total. The zero-order chi connectivity index (χ0) is 25.1. The van der Waals surface area contributed by atoms with E-state index in [9.17, 15) is 45.3 Å². The van der Waals surface area contributed by atoms with E-state index in [4.69, 9.17) is 0 Å². The van der Waals surface area contributed by atoms with Gasteiger partial charge < -0.3 is 28.8 Å². The molecule has 0 unspecified atom stereocenters. The predicted molar refractivity (Wildman–Crippen MR) is 94.5 cm³/mol.